The first-order valence-corrected chi connectivity index (χ1v) is 8.61. The smallest absolute Gasteiger partial charge is 0.370 e. The molecule has 0 aliphatic heterocycles. The second kappa shape index (κ2) is 7.24. The molecule has 3 N–H and O–H groups in total. The van der Waals surface area contributed by atoms with E-state index in [4.69, 9.17) is 5.73 Å². The molecule has 2 aromatic rings. The van der Waals surface area contributed by atoms with Crippen molar-refractivity contribution >= 4 is 15.9 Å². The molecule has 0 saturated carbocycles. The number of rotatable bonds is 6. The molecular weight excluding hydrogens is 357 g/mol. The average Bonchev–Trinajstić information content (AvgIpc) is 2.54. The Hall–Kier alpha value is -2.39. The molecule has 0 heterocycles. The SMILES string of the molecule is NC(=O)CC(NS(=O)(=O)c1cccc(C(F)(F)F)c1)c1ccccc1. The molecule has 1 unspecified atom stereocenters. The van der Waals surface area contributed by atoms with Gasteiger partial charge < -0.3 is 5.73 Å². The van der Waals surface area contributed by atoms with Crippen LogP contribution in [0.1, 0.15) is 23.6 Å². The Morgan fingerprint density at radius 3 is 2.28 bits per heavy atom. The number of halogens is 3. The number of carbonyl (C=O) groups is 1. The molecule has 134 valence electrons. The molecule has 0 bridgehead atoms. The van der Waals surface area contributed by atoms with E-state index in [2.05, 4.69) is 4.72 Å². The normalized spacial score (nSPS) is 13.4. The second-order valence-electron chi connectivity index (χ2n) is 5.28. The monoisotopic (exact) mass is 372 g/mol. The number of sulfonamides is 1. The number of carbonyl (C=O) groups excluding carboxylic acids is 1. The number of hydrogen-bond acceptors (Lipinski definition) is 3. The molecular formula is C16H15F3N2O3S. The lowest BCUT2D eigenvalue weighted by Crippen LogP contribution is -2.32. The van der Waals surface area contributed by atoms with E-state index in [1.807, 2.05) is 0 Å². The molecule has 1 amide bonds. The Morgan fingerprint density at radius 1 is 1.08 bits per heavy atom. The van der Waals surface area contributed by atoms with E-state index < -0.39 is 38.6 Å². The van der Waals surface area contributed by atoms with Gasteiger partial charge >= 0.3 is 6.18 Å². The third kappa shape index (κ3) is 5.04. The van der Waals surface area contributed by atoms with Crippen molar-refractivity contribution in [2.45, 2.75) is 23.5 Å². The van der Waals surface area contributed by atoms with E-state index >= 15 is 0 Å². The predicted molar refractivity (Wildman–Crippen MR) is 84.8 cm³/mol. The van der Waals surface area contributed by atoms with Crippen molar-refractivity contribution < 1.29 is 26.4 Å². The first-order chi connectivity index (χ1) is 11.6. The number of nitrogens with one attached hydrogen (secondary N) is 1. The molecule has 0 aliphatic carbocycles. The highest BCUT2D eigenvalue weighted by Gasteiger charge is 2.32. The van der Waals surface area contributed by atoms with Crippen molar-refractivity contribution in [2.24, 2.45) is 5.73 Å². The van der Waals surface area contributed by atoms with Crippen molar-refractivity contribution in [3.05, 3.63) is 65.7 Å². The van der Waals surface area contributed by atoms with Crippen molar-refractivity contribution in [2.75, 3.05) is 0 Å². The number of benzene rings is 2. The lowest BCUT2D eigenvalue weighted by Gasteiger charge is -2.18. The van der Waals surface area contributed by atoms with Gasteiger partial charge in [-0.1, -0.05) is 36.4 Å². The van der Waals surface area contributed by atoms with Gasteiger partial charge in [-0.15, -0.1) is 0 Å². The molecule has 9 heteroatoms. The largest absolute Gasteiger partial charge is 0.416 e. The summed E-state index contributed by atoms with van der Waals surface area (Å²) in [5.74, 6) is -0.749. The Bertz CT molecular complexity index is 852. The summed E-state index contributed by atoms with van der Waals surface area (Å²) in [6, 6.07) is 10.5. The Balaban J connectivity index is 2.36. The van der Waals surface area contributed by atoms with Crippen LogP contribution in [-0.4, -0.2) is 14.3 Å². The summed E-state index contributed by atoms with van der Waals surface area (Å²) in [7, 11) is -4.29. The summed E-state index contributed by atoms with van der Waals surface area (Å²) >= 11 is 0. The number of primary amides is 1. The van der Waals surface area contributed by atoms with E-state index in [-0.39, 0.29) is 6.42 Å². The van der Waals surface area contributed by atoms with E-state index in [9.17, 15) is 26.4 Å². The Labute approximate surface area is 142 Å². The fourth-order valence-electron chi connectivity index (χ4n) is 2.21. The molecule has 5 nitrogen and oxygen atoms in total. The molecule has 2 aromatic carbocycles. The first-order valence-electron chi connectivity index (χ1n) is 7.12. The number of amides is 1. The van der Waals surface area contributed by atoms with Crippen LogP contribution in [0.15, 0.2) is 59.5 Å². The van der Waals surface area contributed by atoms with Gasteiger partial charge in [0.1, 0.15) is 0 Å². The minimum Gasteiger partial charge on any atom is -0.370 e. The summed E-state index contributed by atoms with van der Waals surface area (Å²) in [5, 5.41) is 0. The predicted octanol–water partition coefficient (Wildman–Crippen LogP) is 2.60. The van der Waals surface area contributed by atoms with Crippen LogP contribution in [0, 0.1) is 0 Å². The van der Waals surface area contributed by atoms with Gasteiger partial charge in [-0.2, -0.15) is 13.2 Å². The third-order valence-electron chi connectivity index (χ3n) is 3.38. The lowest BCUT2D eigenvalue weighted by atomic mass is 10.1. The third-order valence-corrected chi connectivity index (χ3v) is 4.85. The van der Waals surface area contributed by atoms with Crippen molar-refractivity contribution in [1.82, 2.24) is 4.72 Å². The molecule has 0 fully saturated rings. The van der Waals surface area contributed by atoms with Crippen LogP contribution < -0.4 is 10.5 Å². The molecule has 0 spiro atoms. The second-order valence-corrected chi connectivity index (χ2v) is 6.99. The van der Waals surface area contributed by atoms with Gasteiger partial charge in [0, 0.05) is 6.42 Å². The topological polar surface area (TPSA) is 89.3 Å². The highest BCUT2D eigenvalue weighted by atomic mass is 32.2. The Morgan fingerprint density at radius 2 is 1.72 bits per heavy atom. The highest BCUT2D eigenvalue weighted by molar-refractivity contribution is 7.89. The van der Waals surface area contributed by atoms with Crippen LogP contribution in [-0.2, 0) is 21.0 Å². The summed E-state index contributed by atoms with van der Waals surface area (Å²) in [5.41, 5.74) is 4.53. The first kappa shape index (κ1) is 18.9. The van der Waals surface area contributed by atoms with E-state index in [0.717, 1.165) is 18.2 Å². The molecule has 25 heavy (non-hydrogen) atoms. The summed E-state index contributed by atoms with van der Waals surface area (Å²) in [4.78, 5) is 10.7. The maximum atomic E-state index is 12.8. The fraction of sp³-hybridized carbons (Fsp3) is 0.188. The van der Waals surface area contributed by atoms with Gasteiger partial charge in [0.2, 0.25) is 15.9 Å². The fourth-order valence-corrected chi connectivity index (χ4v) is 3.48. The number of alkyl halides is 3. The van der Waals surface area contributed by atoms with Gasteiger partial charge in [-0.3, -0.25) is 4.79 Å². The van der Waals surface area contributed by atoms with E-state index in [0.29, 0.717) is 11.6 Å². The van der Waals surface area contributed by atoms with Crippen LogP contribution in [0.25, 0.3) is 0 Å². The van der Waals surface area contributed by atoms with E-state index in [1.165, 1.54) is 0 Å². The maximum absolute atomic E-state index is 12.8. The number of hydrogen-bond donors (Lipinski definition) is 2. The van der Waals surface area contributed by atoms with Crippen LogP contribution >= 0.6 is 0 Å². The zero-order chi connectivity index (χ0) is 18.7. The van der Waals surface area contributed by atoms with Gasteiger partial charge in [0.05, 0.1) is 16.5 Å². The summed E-state index contributed by atoms with van der Waals surface area (Å²) in [6.07, 6.45) is -5.00. The number of nitrogens with two attached hydrogens (primary N) is 1. The zero-order valence-electron chi connectivity index (χ0n) is 12.8. The molecule has 0 radical (unpaired) electrons. The van der Waals surface area contributed by atoms with Crippen LogP contribution in [0.5, 0.6) is 0 Å². The average molecular weight is 372 g/mol. The van der Waals surface area contributed by atoms with Crippen molar-refractivity contribution in [1.29, 1.82) is 0 Å². The molecule has 0 saturated heterocycles. The van der Waals surface area contributed by atoms with Gasteiger partial charge in [0.25, 0.3) is 0 Å². The molecule has 0 aliphatic rings. The Kier molecular flexibility index (Phi) is 5.48. The zero-order valence-corrected chi connectivity index (χ0v) is 13.6. The van der Waals surface area contributed by atoms with Crippen LogP contribution in [0.4, 0.5) is 13.2 Å². The van der Waals surface area contributed by atoms with E-state index in [1.54, 1.807) is 30.3 Å². The van der Waals surface area contributed by atoms with Gasteiger partial charge in [-0.25, -0.2) is 13.1 Å². The minimum absolute atomic E-state index is 0.331. The quantitative estimate of drug-likeness (QED) is 0.817. The maximum Gasteiger partial charge on any atom is 0.416 e. The van der Waals surface area contributed by atoms with Crippen molar-refractivity contribution in [3.63, 3.8) is 0 Å². The van der Waals surface area contributed by atoms with Crippen molar-refractivity contribution in [3.8, 4) is 0 Å². The standard InChI is InChI=1S/C16H15F3N2O3S/c17-16(18,19)12-7-4-8-13(9-12)25(23,24)21-14(10-15(20)22)11-5-2-1-3-6-11/h1-9,14,21H,10H2,(H2,20,22). The van der Waals surface area contributed by atoms with Gasteiger partial charge in [0.15, 0.2) is 0 Å². The van der Waals surface area contributed by atoms with Crippen LogP contribution in [0.3, 0.4) is 0 Å². The minimum atomic E-state index is -4.67. The summed E-state index contributed by atoms with van der Waals surface area (Å²) < 4.78 is 65.5. The molecule has 1 atom stereocenters. The molecule has 2 rings (SSSR count). The van der Waals surface area contributed by atoms with Gasteiger partial charge in [-0.05, 0) is 23.8 Å². The lowest BCUT2D eigenvalue weighted by molar-refractivity contribution is -0.137. The molecule has 0 aromatic heterocycles. The summed E-state index contributed by atoms with van der Waals surface area (Å²) in [6.45, 7) is 0. The van der Waals surface area contributed by atoms with Crippen LogP contribution in [0.2, 0.25) is 0 Å². The highest BCUT2D eigenvalue weighted by Crippen LogP contribution is 2.31.